The summed E-state index contributed by atoms with van der Waals surface area (Å²) in [6.45, 7) is 6.49. The van der Waals surface area contributed by atoms with Gasteiger partial charge < -0.3 is 10.2 Å². The normalized spacial score (nSPS) is 11.3. The van der Waals surface area contributed by atoms with Gasteiger partial charge in [-0.2, -0.15) is 0 Å². The van der Waals surface area contributed by atoms with Crippen LogP contribution in [0.4, 0.5) is 14.6 Å². The van der Waals surface area contributed by atoms with Crippen molar-refractivity contribution in [3.63, 3.8) is 0 Å². The molecule has 1 N–H and O–H groups in total. The Morgan fingerprint density at radius 1 is 1.39 bits per heavy atom. The van der Waals surface area contributed by atoms with E-state index in [0.29, 0.717) is 11.9 Å². The fraction of sp³-hybridized carbons (Fsp3) is 0.615. The molecule has 5 heteroatoms. The van der Waals surface area contributed by atoms with Gasteiger partial charge in [0.15, 0.2) is 0 Å². The molecule has 102 valence electrons. The lowest BCUT2D eigenvalue weighted by Gasteiger charge is -2.20. The zero-order chi connectivity index (χ0) is 13.7. The summed E-state index contributed by atoms with van der Waals surface area (Å²) in [6, 6.07) is 2.39. The molecule has 0 spiro atoms. The Labute approximate surface area is 107 Å². The van der Waals surface area contributed by atoms with Crippen molar-refractivity contribution < 1.29 is 8.78 Å². The lowest BCUT2D eigenvalue weighted by molar-refractivity contribution is 0.156. The number of anilines is 1. The number of hydrogen-bond donors (Lipinski definition) is 1. The summed E-state index contributed by atoms with van der Waals surface area (Å²) in [5.74, 6) is 0.614. The quantitative estimate of drug-likeness (QED) is 0.849. The van der Waals surface area contributed by atoms with E-state index in [1.165, 1.54) is 4.90 Å². The van der Waals surface area contributed by atoms with Gasteiger partial charge in [-0.05, 0) is 24.1 Å². The molecule has 1 rings (SSSR count). The molecule has 1 heterocycles. The van der Waals surface area contributed by atoms with E-state index in [1.807, 2.05) is 13.0 Å². The number of rotatable bonds is 6. The van der Waals surface area contributed by atoms with E-state index in [4.69, 9.17) is 0 Å². The summed E-state index contributed by atoms with van der Waals surface area (Å²) in [5, 5.41) is 3.30. The summed E-state index contributed by atoms with van der Waals surface area (Å²) < 4.78 is 24.6. The molecule has 0 atom stereocenters. The molecule has 0 aromatic carbocycles. The number of nitrogens with zero attached hydrogens (tertiary/aromatic N) is 2. The summed E-state index contributed by atoms with van der Waals surface area (Å²) >= 11 is 0. The molecule has 0 unspecified atom stereocenters. The van der Waals surface area contributed by atoms with E-state index in [-0.39, 0.29) is 6.54 Å². The maximum atomic E-state index is 12.3. The van der Waals surface area contributed by atoms with Crippen LogP contribution >= 0.6 is 0 Å². The van der Waals surface area contributed by atoms with Crippen molar-refractivity contribution in [3.05, 3.63) is 23.4 Å². The minimum atomic E-state index is -2.35. The average Bonchev–Trinajstić information content (AvgIpc) is 2.25. The van der Waals surface area contributed by atoms with Crippen molar-refractivity contribution in [2.45, 2.75) is 39.8 Å². The van der Waals surface area contributed by atoms with Crippen molar-refractivity contribution in [2.24, 2.45) is 0 Å². The Morgan fingerprint density at radius 2 is 2.06 bits per heavy atom. The van der Waals surface area contributed by atoms with Gasteiger partial charge in [0.2, 0.25) is 0 Å². The second kappa shape index (κ2) is 6.64. The second-order valence-corrected chi connectivity index (χ2v) is 4.79. The van der Waals surface area contributed by atoms with E-state index >= 15 is 0 Å². The van der Waals surface area contributed by atoms with Crippen molar-refractivity contribution in [2.75, 3.05) is 18.5 Å². The molecule has 18 heavy (non-hydrogen) atoms. The Kier molecular flexibility index (Phi) is 5.47. The lowest BCUT2D eigenvalue weighted by Crippen LogP contribution is -2.26. The lowest BCUT2D eigenvalue weighted by atomic mass is 10.2. The van der Waals surface area contributed by atoms with E-state index in [0.717, 1.165) is 17.7 Å². The third-order valence-electron chi connectivity index (χ3n) is 2.60. The van der Waals surface area contributed by atoms with Crippen LogP contribution in [0.1, 0.15) is 25.0 Å². The molecule has 0 saturated heterocycles. The van der Waals surface area contributed by atoms with E-state index in [9.17, 15) is 8.78 Å². The third kappa shape index (κ3) is 4.56. The van der Waals surface area contributed by atoms with E-state index in [2.05, 4.69) is 24.1 Å². The first-order chi connectivity index (χ1) is 8.40. The van der Waals surface area contributed by atoms with Crippen LogP contribution in [0.3, 0.4) is 0 Å². The molecule has 0 aliphatic carbocycles. The van der Waals surface area contributed by atoms with Crippen molar-refractivity contribution in [3.8, 4) is 0 Å². The predicted octanol–water partition coefficient (Wildman–Crippen LogP) is 2.59. The van der Waals surface area contributed by atoms with Gasteiger partial charge in [-0.25, -0.2) is 13.8 Å². The van der Waals surface area contributed by atoms with Crippen molar-refractivity contribution in [1.29, 1.82) is 0 Å². The highest BCUT2D eigenvalue weighted by molar-refractivity contribution is 5.46. The van der Waals surface area contributed by atoms with Gasteiger partial charge in [-0.15, -0.1) is 0 Å². The molecule has 0 aliphatic heterocycles. The summed E-state index contributed by atoms with van der Waals surface area (Å²) in [6.07, 6.45) is -0.613. The maximum Gasteiger partial charge on any atom is 0.255 e. The SMILES string of the molecule is Cc1cc(CNC(C)C)cnc1N(C)CC(F)F. The van der Waals surface area contributed by atoms with Gasteiger partial charge in [-0.3, -0.25) is 0 Å². The highest BCUT2D eigenvalue weighted by atomic mass is 19.3. The van der Waals surface area contributed by atoms with Crippen molar-refractivity contribution in [1.82, 2.24) is 10.3 Å². The van der Waals surface area contributed by atoms with E-state index < -0.39 is 6.43 Å². The molecule has 1 aromatic heterocycles. The number of aryl methyl sites for hydroxylation is 1. The molecule has 1 aromatic rings. The number of halogens is 2. The maximum absolute atomic E-state index is 12.3. The average molecular weight is 257 g/mol. The molecular formula is C13H21F2N3. The van der Waals surface area contributed by atoms with Gasteiger partial charge in [-0.1, -0.05) is 13.8 Å². The molecule has 0 aliphatic rings. The fourth-order valence-corrected chi connectivity index (χ4v) is 1.74. The van der Waals surface area contributed by atoms with Crippen LogP contribution in [0.5, 0.6) is 0 Å². The fourth-order valence-electron chi connectivity index (χ4n) is 1.74. The first kappa shape index (κ1) is 14.8. The molecule has 0 amide bonds. The van der Waals surface area contributed by atoms with E-state index in [1.54, 1.807) is 13.2 Å². The second-order valence-electron chi connectivity index (χ2n) is 4.79. The van der Waals surface area contributed by atoms with Gasteiger partial charge in [0.1, 0.15) is 5.82 Å². The minimum Gasteiger partial charge on any atom is -0.354 e. The summed E-state index contributed by atoms with van der Waals surface area (Å²) in [5.41, 5.74) is 1.98. The van der Waals surface area contributed by atoms with Crippen LogP contribution in [-0.2, 0) is 6.54 Å². The number of aromatic nitrogens is 1. The number of nitrogens with one attached hydrogen (secondary N) is 1. The number of pyridine rings is 1. The summed E-state index contributed by atoms with van der Waals surface area (Å²) in [4.78, 5) is 5.75. The summed E-state index contributed by atoms with van der Waals surface area (Å²) in [7, 11) is 1.63. The topological polar surface area (TPSA) is 28.2 Å². The zero-order valence-corrected chi connectivity index (χ0v) is 11.4. The Balaban J connectivity index is 2.73. The Hall–Kier alpha value is -1.23. The Morgan fingerprint density at radius 3 is 2.56 bits per heavy atom. The monoisotopic (exact) mass is 257 g/mol. The first-order valence-electron chi connectivity index (χ1n) is 6.08. The van der Waals surface area contributed by atoms with Crippen LogP contribution in [0.2, 0.25) is 0 Å². The first-order valence-corrected chi connectivity index (χ1v) is 6.08. The zero-order valence-electron chi connectivity index (χ0n) is 11.4. The molecule has 3 nitrogen and oxygen atoms in total. The van der Waals surface area contributed by atoms with Gasteiger partial charge in [0.05, 0.1) is 6.54 Å². The molecule has 0 bridgehead atoms. The van der Waals surface area contributed by atoms with Crippen LogP contribution in [0.25, 0.3) is 0 Å². The van der Waals surface area contributed by atoms with Gasteiger partial charge in [0, 0.05) is 25.8 Å². The smallest absolute Gasteiger partial charge is 0.255 e. The molecular weight excluding hydrogens is 236 g/mol. The predicted molar refractivity (Wildman–Crippen MR) is 70.2 cm³/mol. The third-order valence-corrected chi connectivity index (χ3v) is 2.60. The number of hydrogen-bond acceptors (Lipinski definition) is 3. The van der Waals surface area contributed by atoms with Crippen LogP contribution < -0.4 is 10.2 Å². The largest absolute Gasteiger partial charge is 0.354 e. The standard InChI is InChI=1S/C13H21F2N3/c1-9(2)16-6-11-5-10(3)13(17-7-11)18(4)8-12(14)15/h5,7,9,12,16H,6,8H2,1-4H3. The minimum absolute atomic E-state index is 0.294. The van der Waals surface area contributed by atoms with Crippen molar-refractivity contribution >= 4 is 5.82 Å². The highest BCUT2D eigenvalue weighted by Crippen LogP contribution is 2.17. The van der Waals surface area contributed by atoms with Gasteiger partial charge in [0.25, 0.3) is 6.43 Å². The number of alkyl halides is 2. The molecule has 0 fully saturated rings. The Bertz CT molecular complexity index is 380. The molecule has 0 radical (unpaired) electrons. The molecule has 0 saturated carbocycles. The van der Waals surface area contributed by atoms with Crippen LogP contribution in [-0.4, -0.2) is 31.0 Å². The van der Waals surface area contributed by atoms with Crippen LogP contribution in [0, 0.1) is 6.92 Å². The van der Waals surface area contributed by atoms with Crippen LogP contribution in [0.15, 0.2) is 12.3 Å². The van der Waals surface area contributed by atoms with Gasteiger partial charge >= 0.3 is 0 Å². The highest BCUT2D eigenvalue weighted by Gasteiger charge is 2.12.